The van der Waals surface area contributed by atoms with Gasteiger partial charge in [-0.2, -0.15) is 0 Å². The van der Waals surface area contributed by atoms with Gasteiger partial charge >= 0.3 is 0 Å². The molecular weight excluding hydrogens is 328 g/mol. The number of hydrogen-bond acceptors (Lipinski definition) is 3. The van der Waals surface area contributed by atoms with Gasteiger partial charge in [0, 0.05) is 16.6 Å². The van der Waals surface area contributed by atoms with Crippen molar-refractivity contribution in [3.8, 4) is 0 Å². The van der Waals surface area contributed by atoms with Crippen molar-refractivity contribution in [2.75, 3.05) is 6.54 Å². The van der Waals surface area contributed by atoms with E-state index in [-0.39, 0.29) is 23.8 Å². The largest absolute Gasteiger partial charge is 0.324 e. The Bertz CT molecular complexity index is 471. The molecule has 0 aliphatic carbocycles. The maximum Gasteiger partial charge on any atom is 0.241 e. The highest BCUT2D eigenvalue weighted by Crippen LogP contribution is 2.20. The average Bonchev–Trinajstić information content (AvgIpc) is 2.14. The first-order valence-electron chi connectivity index (χ1n) is 4.75. The molecule has 3 N–H and O–H groups in total. The third kappa shape index (κ3) is 5.35. The fraction of sp³-hybridized carbons (Fsp3) is 0.400. The summed E-state index contributed by atoms with van der Waals surface area (Å²) in [5, 5.41) is 0. The van der Waals surface area contributed by atoms with Crippen LogP contribution in [0.4, 0.5) is 0 Å². The second-order valence-electron chi connectivity index (χ2n) is 4.24. The minimum absolute atomic E-state index is 0. The first-order chi connectivity index (χ1) is 7.22. The van der Waals surface area contributed by atoms with Crippen LogP contribution >= 0.6 is 28.3 Å². The molecule has 1 aromatic rings. The van der Waals surface area contributed by atoms with Gasteiger partial charge in [0.15, 0.2) is 0 Å². The molecule has 1 rings (SSSR count). The van der Waals surface area contributed by atoms with Gasteiger partial charge in [-0.3, -0.25) is 0 Å². The van der Waals surface area contributed by atoms with E-state index in [1.807, 2.05) is 0 Å². The van der Waals surface area contributed by atoms with Gasteiger partial charge in [-0.05, 0) is 41.9 Å². The number of nitrogens with two attached hydrogens (primary N) is 1. The number of nitrogens with one attached hydrogen (secondary N) is 1. The summed E-state index contributed by atoms with van der Waals surface area (Å²) in [5.41, 5.74) is 5.15. The van der Waals surface area contributed by atoms with Crippen LogP contribution in [0.3, 0.4) is 0 Å². The smallest absolute Gasteiger partial charge is 0.241 e. The Hall–Kier alpha value is -0.140. The molecule has 0 unspecified atom stereocenters. The van der Waals surface area contributed by atoms with Gasteiger partial charge in [-0.1, -0.05) is 12.1 Å². The second-order valence-corrected chi connectivity index (χ2v) is 6.83. The van der Waals surface area contributed by atoms with E-state index in [9.17, 15) is 8.42 Å². The van der Waals surface area contributed by atoms with Gasteiger partial charge in [-0.15, -0.1) is 12.4 Å². The summed E-state index contributed by atoms with van der Waals surface area (Å²) >= 11 is 3.20. The third-order valence-electron chi connectivity index (χ3n) is 1.84. The molecule has 0 aliphatic rings. The predicted molar refractivity (Wildman–Crippen MR) is 74.8 cm³/mol. The van der Waals surface area contributed by atoms with Crippen LogP contribution < -0.4 is 10.5 Å². The van der Waals surface area contributed by atoms with Crippen molar-refractivity contribution in [2.45, 2.75) is 24.3 Å². The molecule has 4 nitrogen and oxygen atoms in total. The average molecular weight is 344 g/mol. The van der Waals surface area contributed by atoms with E-state index in [4.69, 9.17) is 5.73 Å². The summed E-state index contributed by atoms with van der Waals surface area (Å²) in [7, 11) is -3.50. The Morgan fingerprint density at radius 1 is 1.35 bits per heavy atom. The Kier molecular flexibility index (Phi) is 6.10. The van der Waals surface area contributed by atoms with Crippen LogP contribution in [-0.4, -0.2) is 20.5 Å². The molecule has 0 heterocycles. The standard InChI is InChI=1S/C10H15BrN2O2S.ClH/c1-10(2,12)7-13-16(14,15)9-6-4-3-5-8(9)11;/h3-6,13H,7,12H2,1-2H3;1H. The first kappa shape index (κ1) is 16.9. The van der Waals surface area contributed by atoms with Gasteiger partial charge < -0.3 is 5.73 Å². The highest BCUT2D eigenvalue weighted by Gasteiger charge is 2.20. The van der Waals surface area contributed by atoms with Gasteiger partial charge in [0.05, 0.1) is 4.90 Å². The summed E-state index contributed by atoms with van der Waals surface area (Å²) in [4.78, 5) is 0.222. The summed E-state index contributed by atoms with van der Waals surface area (Å²) in [5.74, 6) is 0. The molecule has 0 fully saturated rings. The fourth-order valence-corrected chi connectivity index (χ4v) is 3.25. The van der Waals surface area contributed by atoms with Crippen molar-refractivity contribution in [1.82, 2.24) is 4.72 Å². The summed E-state index contributed by atoms with van der Waals surface area (Å²) in [6.45, 7) is 3.71. The highest BCUT2D eigenvalue weighted by atomic mass is 79.9. The Morgan fingerprint density at radius 2 is 1.88 bits per heavy atom. The van der Waals surface area contributed by atoms with Crippen molar-refractivity contribution >= 4 is 38.4 Å². The van der Waals surface area contributed by atoms with Gasteiger partial charge in [0.1, 0.15) is 0 Å². The lowest BCUT2D eigenvalue weighted by molar-refractivity contribution is 0.498. The van der Waals surface area contributed by atoms with Crippen LogP contribution in [0.25, 0.3) is 0 Å². The van der Waals surface area contributed by atoms with Crippen molar-refractivity contribution in [2.24, 2.45) is 5.73 Å². The molecule has 0 atom stereocenters. The van der Waals surface area contributed by atoms with Crippen LogP contribution in [0.2, 0.25) is 0 Å². The van der Waals surface area contributed by atoms with E-state index in [0.29, 0.717) is 4.47 Å². The molecule has 0 amide bonds. The zero-order chi connectivity index (χ0) is 12.4. The summed E-state index contributed by atoms with van der Waals surface area (Å²) < 4.78 is 26.8. The number of rotatable bonds is 4. The maximum atomic E-state index is 11.9. The summed E-state index contributed by atoms with van der Waals surface area (Å²) in [6, 6.07) is 6.65. The van der Waals surface area contributed by atoms with Crippen molar-refractivity contribution < 1.29 is 8.42 Å². The summed E-state index contributed by atoms with van der Waals surface area (Å²) in [6.07, 6.45) is 0. The van der Waals surface area contributed by atoms with E-state index in [1.54, 1.807) is 32.0 Å². The number of hydrogen-bond donors (Lipinski definition) is 2. The molecule has 0 bridgehead atoms. The van der Waals surface area contributed by atoms with Crippen LogP contribution in [0, 0.1) is 0 Å². The van der Waals surface area contributed by atoms with Crippen LogP contribution in [0.1, 0.15) is 13.8 Å². The minimum atomic E-state index is -3.50. The third-order valence-corrected chi connectivity index (χ3v) is 4.26. The minimum Gasteiger partial charge on any atom is -0.324 e. The van der Waals surface area contributed by atoms with Crippen LogP contribution in [-0.2, 0) is 10.0 Å². The monoisotopic (exact) mass is 342 g/mol. The molecule has 7 heteroatoms. The number of halogens is 2. The van der Waals surface area contributed by atoms with E-state index in [0.717, 1.165) is 0 Å². The van der Waals surface area contributed by atoms with Gasteiger partial charge in [0.25, 0.3) is 0 Å². The molecule has 98 valence electrons. The molecule has 0 spiro atoms. The Morgan fingerprint density at radius 3 is 2.35 bits per heavy atom. The van der Waals surface area contributed by atoms with E-state index in [2.05, 4.69) is 20.7 Å². The van der Waals surface area contributed by atoms with E-state index in [1.165, 1.54) is 6.07 Å². The molecule has 0 saturated heterocycles. The Balaban J connectivity index is 0.00000256. The van der Waals surface area contributed by atoms with Crippen molar-refractivity contribution in [3.63, 3.8) is 0 Å². The Labute approximate surface area is 117 Å². The zero-order valence-electron chi connectivity index (χ0n) is 9.60. The lowest BCUT2D eigenvalue weighted by Crippen LogP contribution is -2.45. The van der Waals surface area contributed by atoms with Crippen molar-refractivity contribution in [1.29, 1.82) is 0 Å². The molecule has 17 heavy (non-hydrogen) atoms. The van der Waals surface area contributed by atoms with Gasteiger partial charge in [-0.25, -0.2) is 13.1 Å². The number of benzene rings is 1. The first-order valence-corrected chi connectivity index (χ1v) is 7.03. The van der Waals surface area contributed by atoms with Crippen LogP contribution in [0.5, 0.6) is 0 Å². The highest BCUT2D eigenvalue weighted by molar-refractivity contribution is 9.10. The van der Waals surface area contributed by atoms with Crippen LogP contribution in [0.15, 0.2) is 33.6 Å². The SMILES string of the molecule is CC(C)(N)CNS(=O)(=O)c1ccccc1Br.Cl. The number of sulfonamides is 1. The fourth-order valence-electron chi connectivity index (χ4n) is 1.02. The quantitative estimate of drug-likeness (QED) is 0.877. The lowest BCUT2D eigenvalue weighted by atomic mass is 10.1. The van der Waals surface area contributed by atoms with Gasteiger partial charge in [0.2, 0.25) is 10.0 Å². The molecular formula is C10H16BrClN2O2S. The normalized spacial score (nSPS) is 12.0. The molecule has 1 aromatic carbocycles. The van der Waals surface area contributed by atoms with E-state index >= 15 is 0 Å². The van der Waals surface area contributed by atoms with E-state index < -0.39 is 15.6 Å². The topological polar surface area (TPSA) is 72.2 Å². The second kappa shape index (κ2) is 6.15. The lowest BCUT2D eigenvalue weighted by Gasteiger charge is -2.19. The molecule has 0 saturated carbocycles. The van der Waals surface area contributed by atoms with Crippen molar-refractivity contribution in [3.05, 3.63) is 28.7 Å². The molecule has 0 aromatic heterocycles. The maximum absolute atomic E-state index is 11.9. The zero-order valence-corrected chi connectivity index (χ0v) is 12.8. The molecule has 0 aliphatic heterocycles. The predicted octanol–water partition coefficient (Wildman–Crippen LogP) is 1.89. The molecule has 0 radical (unpaired) electrons.